The Labute approximate surface area is 135 Å². The van der Waals surface area contributed by atoms with Crippen LogP contribution in [0.4, 0.5) is 0 Å². The van der Waals surface area contributed by atoms with Gasteiger partial charge >= 0.3 is 5.97 Å². The molecule has 0 aliphatic rings. The number of carbonyl (C=O) groups is 1. The van der Waals surface area contributed by atoms with Gasteiger partial charge in [-0.25, -0.2) is 4.79 Å². The van der Waals surface area contributed by atoms with E-state index in [-0.39, 0.29) is 0 Å². The summed E-state index contributed by atoms with van der Waals surface area (Å²) in [4.78, 5) is 10.7. The summed E-state index contributed by atoms with van der Waals surface area (Å²) in [5, 5.41) is 8.76. The van der Waals surface area contributed by atoms with Crippen molar-refractivity contribution < 1.29 is 14.6 Å². The molecule has 0 amide bonds. The second-order valence-electron chi connectivity index (χ2n) is 5.08. The van der Waals surface area contributed by atoms with Crippen molar-refractivity contribution in [2.45, 2.75) is 46.0 Å². The predicted molar refractivity (Wildman–Crippen MR) is 89.8 cm³/mol. The molecule has 21 heavy (non-hydrogen) atoms. The van der Waals surface area contributed by atoms with E-state index in [2.05, 4.69) is 22.9 Å². The van der Waals surface area contributed by atoms with E-state index in [0.717, 1.165) is 33.8 Å². The first-order valence-corrected chi connectivity index (χ1v) is 8.18. The number of halogens is 1. The van der Waals surface area contributed by atoms with Gasteiger partial charge < -0.3 is 9.84 Å². The number of unbranched alkanes of at least 4 members (excludes halogenated alkanes) is 4. The first-order valence-electron chi connectivity index (χ1n) is 7.38. The minimum absolute atomic E-state index is 0.667. The third kappa shape index (κ3) is 6.80. The van der Waals surface area contributed by atoms with E-state index in [0.29, 0.717) is 6.61 Å². The molecule has 1 N–H and O–H groups in total. The lowest BCUT2D eigenvalue weighted by atomic mass is 10.1. The van der Waals surface area contributed by atoms with Crippen LogP contribution in [-0.2, 0) is 4.79 Å². The van der Waals surface area contributed by atoms with Gasteiger partial charge in [0.05, 0.1) is 6.61 Å². The van der Waals surface area contributed by atoms with Gasteiger partial charge in [0.25, 0.3) is 0 Å². The lowest BCUT2D eigenvalue weighted by Crippen LogP contribution is -2.01. The Kier molecular flexibility index (Phi) is 8.13. The van der Waals surface area contributed by atoms with Crippen LogP contribution in [0.25, 0.3) is 6.08 Å². The maximum Gasteiger partial charge on any atom is 0.328 e. The molecule has 4 heteroatoms. The molecular weight excluding hydrogens is 332 g/mol. The van der Waals surface area contributed by atoms with E-state index in [1.807, 2.05) is 19.1 Å². The van der Waals surface area contributed by atoms with Gasteiger partial charge in [0.2, 0.25) is 0 Å². The second kappa shape index (κ2) is 9.61. The van der Waals surface area contributed by atoms with Crippen LogP contribution < -0.4 is 4.74 Å². The Bertz CT molecular complexity index is 495. The summed E-state index contributed by atoms with van der Waals surface area (Å²) in [5.41, 5.74) is 1.79. The van der Waals surface area contributed by atoms with E-state index >= 15 is 0 Å². The monoisotopic (exact) mass is 354 g/mol. The average Bonchev–Trinajstić information content (AvgIpc) is 2.42. The summed E-state index contributed by atoms with van der Waals surface area (Å²) in [7, 11) is 0. The first kappa shape index (κ1) is 17.8. The molecule has 0 aliphatic heterocycles. The van der Waals surface area contributed by atoms with E-state index in [1.165, 1.54) is 25.7 Å². The Morgan fingerprint density at radius 3 is 2.67 bits per heavy atom. The molecule has 0 saturated heterocycles. The van der Waals surface area contributed by atoms with E-state index < -0.39 is 5.97 Å². The number of hydrogen-bond acceptors (Lipinski definition) is 2. The average molecular weight is 355 g/mol. The van der Waals surface area contributed by atoms with Crippen LogP contribution >= 0.6 is 15.9 Å². The highest BCUT2D eigenvalue weighted by Gasteiger charge is 2.07. The van der Waals surface area contributed by atoms with E-state index in [1.54, 1.807) is 6.08 Å². The molecule has 0 aromatic heterocycles. The number of aryl methyl sites for hydroxylation is 1. The fraction of sp³-hybridized carbons (Fsp3) is 0.471. The number of aliphatic carboxylic acids is 1. The van der Waals surface area contributed by atoms with Crippen LogP contribution in [-0.4, -0.2) is 17.7 Å². The number of carboxylic acid groups (broad SMARTS) is 1. The van der Waals surface area contributed by atoms with E-state index in [9.17, 15) is 4.79 Å². The fourth-order valence-corrected chi connectivity index (χ4v) is 2.71. The Morgan fingerprint density at radius 1 is 1.29 bits per heavy atom. The topological polar surface area (TPSA) is 46.5 Å². The van der Waals surface area contributed by atoms with Crippen molar-refractivity contribution >= 4 is 28.0 Å². The normalized spacial score (nSPS) is 11.0. The molecule has 1 aromatic rings. The number of ether oxygens (including phenoxy) is 1. The van der Waals surface area contributed by atoms with Crippen LogP contribution in [0.1, 0.15) is 50.2 Å². The summed E-state index contributed by atoms with van der Waals surface area (Å²) in [6, 6.07) is 3.85. The number of hydrogen-bond donors (Lipinski definition) is 1. The van der Waals surface area contributed by atoms with Crippen molar-refractivity contribution in [2.24, 2.45) is 0 Å². The Morgan fingerprint density at radius 2 is 2.00 bits per heavy atom. The predicted octanol–water partition coefficient (Wildman–Crippen LogP) is 5.20. The highest BCUT2D eigenvalue weighted by Crippen LogP contribution is 2.29. The van der Waals surface area contributed by atoms with Crippen LogP contribution in [0.3, 0.4) is 0 Å². The number of carboxylic acids is 1. The molecule has 0 spiro atoms. The van der Waals surface area contributed by atoms with Gasteiger partial charge in [-0.1, -0.05) is 48.5 Å². The molecule has 0 radical (unpaired) electrons. The molecule has 0 heterocycles. The zero-order chi connectivity index (χ0) is 15.7. The molecule has 1 aromatic carbocycles. The summed E-state index contributed by atoms with van der Waals surface area (Å²) in [6.45, 7) is 4.83. The van der Waals surface area contributed by atoms with Gasteiger partial charge in [-0.15, -0.1) is 0 Å². The van der Waals surface area contributed by atoms with Crippen molar-refractivity contribution in [2.75, 3.05) is 6.61 Å². The molecule has 116 valence electrons. The lowest BCUT2D eigenvalue weighted by Gasteiger charge is -2.13. The molecule has 0 unspecified atom stereocenters. The molecule has 0 atom stereocenters. The minimum atomic E-state index is -0.960. The van der Waals surface area contributed by atoms with Gasteiger partial charge in [-0.3, -0.25) is 0 Å². The van der Waals surface area contributed by atoms with Crippen molar-refractivity contribution in [1.82, 2.24) is 0 Å². The summed E-state index contributed by atoms with van der Waals surface area (Å²) in [5.74, 6) is -0.190. The maximum atomic E-state index is 10.7. The van der Waals surface area contributed by atoms with Gasteiger partial charge in [-0.2, -0.15) is 0 Å². The maximum absolute atomic E-state index is 10.7. The molecule has 0 saturated carbocycles. The number of rotatable bonds is 9. The van der Waals surface area contributed by atoms with Crippen LogP contribution in [0, 0.1) is 6.92 Å². The van der Waals surface area contributed by atoms with Gasteiger partial charge in [0.15, 0.2) is 0 Å². The SMILES string of the molecule is CCCCCCCOc1c(C)cc(Br)cc1/C=C/C(=O)O. The zero-order valence-corrected chi connectivity index (χ0v) is 14.3. The van der Waals surface area contributed by atoms with Crippen LogP contribution in [0.15, 0.2) is 22.7 Å². The van der Waals surface area contributed by atoms with Gasteiger partial charge in [0, 0.05) is 16.1 Å². The van der Waals surface area contributed by atoms with Gasteiger partial charge in [-0.05, 0) is 37.1 Å². The van der Waals surface area contributed by atoms with E-state index in [4.69, 9.17) is 9.84 Å². The van der Waals surface area contributed by atoms with Crippen molar-refractivity contribution in [1.29, 1.82) is 0 Å². The van der Waals surface area contributed by atoms with Crippen LogP contribution in [0.2, 0.25) is 0 Å². The Balaban J connectivity index is 2.68. The third-order valence-electron chi connectivity index (χ3n) is 3.17. The van der Waals surface area contributed by atoms with Crippen molar-refractivity contribution in [3.05, 3.63) is 33.8 Å². The molecule has 0 aliphatic carbocycles. The van der Waals surface area contributed by atoms with Crippen LogP contribution in [0.5, 0.6) is 5.75 Å². The first-order chi connectivity index (χ1) is 10.0. The molecule has 0 fully saturated rings. The fourth-order valence-electron chi connectivity index (χ4n) is 2.12. The lowest BCUT2D eigenvalue weighted by molar-refractivity contribution is -0.131. The minimum Gasteiger partial charge on any atom is -0.493 e. The molecule has 3 nitrogen and oxygen atoms in total. The smallest absolute Gasteiger partial charge is 0.328 e. The molecule has 1 rings (SSSR count). The summed E-state index contributed by atoms with van der Waals surface area (Å²) >= 11 is 3.43. The highest BCUT2D eigenvalue weighted by atomic mass is 79.9. The van der Waals surface area contributed by atoms with Gasteiger partial charge in [0.1, 0.15) is 5.75 Å². The highest BCUT2D eigenvalue weighted by molar-refractivity contribution is 9.10. The summed E-state index contributed by atoms with van der Waals surface area (Å²) < 4.78 is 6.79. The quantitative estimate of drug-likeness (QED) is 0.489. The van der Waals surface area contributed by atoms with Crippen molar-refractivity contribution in [3.8, 4) is 5.75 Å². The zero-order valence-electron chi connectivity index (χ0n) is 12.7. The standard InChI is InChI=1S/C17H23BrO3/c1-3-4-5-6-7-10-21-17-13(2)11-15(18)12-14(17)8-9-16(19)20/h8-9,11-12H,3-7,10H2,1-2H3,(H,19,20)/b9-8+. The second-order valence-corrected chi connectivity index (χ2v) is 5.99. The number of benzene rings is 1. The van der Waals surface area contributed by atoms with Crippen molar-refractivity contribution in [3.63, 3.8) is 0 Å². The largest absolute Gasteiger partial charge is 0.493 e. The third-order valence-corrected chi connectivity index (χ3v) is 3.63. The Hall–Kier alpha value is -1.29. The summed E-state index contributed by atoms with van der Waals surface area (Å²) in [6.07, 6.45) is 8.65. The molecular formula is C17H23BrO3. The molecule has 0 bridgehead atoms.